The predicted octanol–water partition coefficient (Wildman–Crippen LogP) is 0.0485. The third kappa shape index (κ3) is 4.47. The molecule has 2 fully saturated rings. The first kappa shape index (κ1) is 14.3. The van der Waals surface area contributed by atoms with E-state index in [1.807, 2.05) is 11.9 Å². The van der Waals surface area contributed by atoms with Gasteiger partial charge in [-0.1, -0.05) is 19.3 Å². The molecule has 108 valence electrons. The van der Waals surface area contributed by atoms with E-state index in [1.54, 1.807) is 0 Å². The molecule has 1 aliphatic heterocycles. The van der Waals surface area contributed by atoms with E-state index in [-0.39, 0.29) is 24.5 Å². The quantitative estimate of drug-likeness (QED) is 0.673. The highest BCUT2D eigenvalue weighted by atomic mass is 16.2. The number of carbonyl (C=O) groups is 2. The summed E-state index contributed by atoms with van der Waals surface area (Å²) in [6, 6.07) is 0.291. The van der Waals surface area contributed by atoms with Crippen LogP contribution in [-0.2, 0) is 4.79 Å². The van der Waals surface area contributed by atoms with Gasteiger partial charge in [0.1, 0.15) is 0 Å². The maximum Gasteiger partial charge on any atom is 0.321 e. The van der Waals surface area contributed by atoms with Crippen LogP contribution in [0.5, 0.6) is 0 Å². The second kappa shape index (κ2) is 6.86. The first-order valence-electron chi connectivity index (χ1n) is 7.16. The van der Waals surface area contributed by atoms with Gasteiger partial charge in [-0.25, -0.2) is 4.79 Å². The Morgan fingerprint density at radius 2 is 1.89 bits per heavy atom. The lowest BCUT2D eigenvalue weighted by Crippen LogP contribution is -2.58. The van der Waals surface area contributed by atoms with E-state index in [9.17, 15) is 9.59 Å². The van der Waals surface area contributed by atoms with Crippen molar-refractivity contribution in [2.24, 2.45) is 0 Å². The molecule has 1 aliphatic carbocycles. The van der Waals surface area contributed by atoms with Crippen LogP contribution in [0, 0.1) is 0 Å². The third-order valence-corrected chi connectivity index (χ3v) is 3.97. The van der Waals surface area contributed by atoms with Gasteiger partial charge in [0, 0.05) is 25.2 Å². The number of rotatable bonds is 4. The summed E-state index contributed by atoms with van der Waals surface area (Å²) in [5.74, 6) is -0.234. The summed E-state index contributed by atoms with van der Waals surface area (Å²) in [4.78, 5) is 25.4. The van der Waals surface area contributed by atoms with Gasteiger partial charge in [-0.2, -0.15) is 0 Å². The fourth-order valence-corrected chi connectivity index (χ4v) is 2.58. The van der Waals surface area contributed by atoms with Crippen LogP contribution in [0.2, 0.25) is 0 Å². The summed E-state index contributed by atoms with van der Waals surface area (Å²) in [5, 5.41) is 8.45. The van der Waals surface area contributed by atoms with Gasteiger partial charge < -0.3 is 10.6 Å². The van der Waals surface area contributed by atoms with Crippen LogP contribution in [0.15, 0.2) is 0 Å². The molecular formula is C13H24N4O2. The van der Waals surface area contributed by atoms with E-state index in [0.717, 1.165) is 38.8 Å². The molecule has 1 saturated carbocycles. The Kier molecular flexibility index (Phi) is 5.15. The lowest BCUT2D eigenvalue weighted by Gasteiger charge is -2.35. The molecule has 0 radical (unpaired) electrons. The van der Waals surface area contributed by atoms with E-state index in [1.165, 1.54) is 6.42 Å². The number of likely N-dealkylation sites (N-methyl/N-ethyl adjacent to an activating group) is 1. The monoisotopic (exact) mass is 268 g/mol. The average molecular weight is 268 g/mol. The molecule has 0 unspecified atom stereocenters. The van der Waals surface area contributed by atoms with E-state index in [4.69, 9.17) is 0 Å². The zero-order valence-corrected chi connectivity index (χ0v) is 11.6. The maximum absolute atomic E-state index is 11.7. The Bertz CT molecular complexity index is 311. The van der Waals surface area contributed by atoms with Crippen molar-refractivity contribution in [3.8, 4) is 0 Å². The molecule has 1 heterocycles. The van der Waals surface area contributed by atoms with E-state index >= 15 is 0 Å². The topological polar surface area (TPSA) is 73.5 Å². The molecule has 19 heavy (non-hydrogen) atoms. The molecule has 3 amide bonds. The number of hydrogen-bond donors (Lipinski definition) is 3. The fraction of sp³-hybridized carbons (Fsp3) is 0.846. The van der Waals surface area contributed by atoms with Crippen LogP contribution in [-0.4, -0.2) is 55.6 Å². The molecule has 0 aromatic heterocycles. The normalized spacial score (nSPS) is 20.9. The van der Waals surface area contributed by atoms with E-state index < -0.39 is 0 Å². The molecule has 6 heteroatoms. The van der Waals surface area contributed by atoms with Gasteiger partial charge in [0.05, 0.1) is 6.54 Å². The molecule has 1 saturated heterocycles. The minimum absolute atomic E-state index is 0.232. The number of hydrogen-bond acceptors (Lipinski definition) is 4. The minimum Gasteiger partial charge on any atom is -0.335 e. The summed E-state index contributed by atoms with van der Waals surface area (Å²) in [5.41, 5.74) is 0. The van der Waals surface area contributed by atoms with Gasteiger partial charge in [0.15, 0.2) is 0 Å². The summed E-state index contributed by atoms with van der Waals surface area (Å²) in [6.07, 6.45) is 5.62. The van der Waals surface area contributed by atoms with E-state index in [2.05, 4.69) is 16.0 Å². The molecule has 0 aromatic carbocycles. The Balaban J connectivity index is 1.64. The van der Waals surface area contributed by atoms with Gasteiger partial charge in [0.2, 0.25) is 5.91 Å². The highest BCUT2D eigenvalue weighted by molar-refractivity contribution is 5.95. The van der Waals surface area contributed by atoms with Gasteiger partial charge >= 0.3 is 6.03 Å². The number of amides is 3. The predicted molar refractivity (Wildman–Crippen MR) is 72.8 cm³/mol. The fourth-order valence-electron chi connectivity index (χ4n) is 2.58. The van der Waals surface area contributed by atoms with Crippen molar-refractivity contribution in [2.45, 2.75) is 44.2 Å². The molecule has 2 aliphatic rings. The standard InChI is InChI=1S/C13H24N4O2/c1-17(11-7-14-8-11)9-12(18)16-13(19)15-10-5-3-2-4-6-10/h10-11,14H,2-9H2,1H3,(H2,15,16,18,19). The van der Waals surface area contributed by atoms with Crippen molar-refractivity contribution in [1.29, 1.82) is 0 Å². The molecule has 0 atom stereocenters. The first-order valence-corrected chi connectivity index (χ1v) is 7.16. The number of imide groups is 1. The Morgan fingerprint density at radius 3 is 2.47 bits per heavy atom. The van der Waals surface area contributed by atoms with Crippen molar-refractivity contribution >= 4 is 11.9 Å². The lowest BCUT2D eigenvalue weighted by molar-refractivity contribution is -0.121. The molecule has 0 bridgehead atoms. The second-order valence-corrected chi connectivity index (χ2v) is 5.58. The highest BCUT2D eigenvalue weighted by Gasteiger charge is 2.24. The van der Waals surface area contributed by atoms with Crippen LogP contribution in [0.4, 0.5) is 4.79 Å². The van der Waals surface area contributed by atoms with Crippen molar-refractivity contribution in [3.05, 3.63) is 0 Å². The van der Waals surface area contributed by atoms with Crippen LogP contribution in [0.3, 0.4) is 0 Å². The van der Waals surface area contributed by atoms with E-state index in [0.29, 0.717) is 6.04 Å². The van der Waals surface area contributed by atoms with Gasteiger partial charge in [-0.3, -0.25) is 15.0 Å². The van der Waals surface area contributed by atoms with Crippen LogP contribution in [0.1, 0.15) is 32.1 Å². The van der Waals surface area contributed by atoms with Gasteiger partial charge in [0.25, 0.3) is 0 Å². The second-order valence-electron chi connectivity index (χ2n) is 5.58. The lowest BCUT2D eigenvalue weighted by atomic mass is 9.96. The zero-order chi connectivity index (χ0) is 13.7. The summed E-state index contributed by atoms with van der Waals surface area (Å²) < 4.78 is 0. The maximum atomic E-state index is 11.7. The SMILES string of the molecule is CN(CC(=O)NC(=O)NC1CCCCC1)C1CNC1. The van der Waals surface area contributed by atoms with Crippen LogP contribution in [0.25, 0.3) is 0 Å². The average Bonchev–Trinajstić information content (AvgIpc) is 2.26. The smallest absolute Gasteiger partial charge is 0.321 e. The first-order chi connectivity index (χ1) is 9.15. The zero-order valence-electron chi connectivity index (χ0n) is 11.6. The van der Waals surface area contributed by atoms with Crippen molar-refractivity contribution in [3.63, 3.8) is 0 Å². The van der Waals surface area contributed by atoms with Crippen LogP contribution >= 0.6 is 0 Å². The van der Waals surface area contributed by atoms with Gasteiger partial charge in [-0.05, 0) is 19.9 Å². The van der Waals surface area contributed by atoms with Crippen molar-refractivity contribution < 1.29 is 9.59 Å². The Hall–Kier alpha value is -1.14. The molecule has 0 aromatic rings. The van der Waals surface area contributed by atoms with Gasteiger partial charge in [-0.15, -0.1) is 0 Å². The summed E-state index contributed by atoms with van der Waals surface area (Å²) >= 11 is 0. The largest absolute Gasteiger partial charge is 0.335 e. The molecule has 0 spiro atoms. The van der Waals surface area contributed by atoms with Crippen molar-refractivity contribution in [1.82, 2.24) is 20.9 Å². The molecule has 3 N–H and O–H groups in total. The minimum atomic E-state index is -0.350. The molecule has 2 rings (SSSR count). The number of urea groups is 1. The molecular weight excluding hydrogens is 244 g/mol. The number of carbonyl (C=O) groups excluding carboxylic acids is 2. The summed E-state index contributed by atoms with van der Waals surface area (Å²) in [7, 11) is 1.91. The Morgan fingerprint density at radius 1 is 1.21 bits per heavy atom. The Labute approximate surface area is 114 Å². The third-order valence-electron chi connectivity index (χ3n) is 3.97. The number of nitrogens with zero attached hydrogens (tertiary/aromatic N) is 1. The van der Waals surface area contributed by atoms with Crippen LogP contribution < -0.4 is 16.0 Å². The highest BCUT2D eigenvalue weighted by Crippen LogP contribution is 2.17. The van der Waals surface area contributed by atoms with Crippen molar-refractivity contribution in [2.75, 3.05) is 26.7 Å². The summed E-state index contributed by atoms with van der Waals surface area (Å²) in [6.45, 7) is 2.10. The number of nitrogens with one attached hydrogen (secondary N) is 3. The molecule has 6 nitrogen and oxygen atoms in total.